The predicted octanol–water partition coefficient (Wildman–Crippen LogP) is 1.30. The van der Waals surface area contributed by atoms with E-state index in [0.717, 1.165) is 32.7 Å². The van der Waals surface area contributed by atoms with Crippen molar-refractivity contribution in [1.82, 2.24) is 15.1 Å². The molecule has 1 saturated heterocycles. The molecule has 1 heterocycles. The molecule has 0 aliphatic carbocycles. The normalized spacial score (nSPS) is 20.1. The third-order valence-corrected chi connectivity index (χ3v) is 4.48. The summed E-state index contributed by atoms with van der Waals surface area (Å²) in [6, 6.07) is 3.19. The highest BCUT2D eigenvalue weighted by molar-refractivity contribution is 6.33. The molecule has 3 N–H and O–H groups in total. The molecule has 1 aliphatic heterocycles. The number of hydrogen-bond donors (Lipinski definition) is 2. The van der Waals surface area contributed by atoms with Crippen LogP contribution >= 0.6 is 11.6 Å². The van der Waals surface area contributed by atoms with E-state index >= 15 is 0 Å². The number of carbonyl (C=O) groups is 1. The van der Waals surface area contributed by atoms with E-state index < -0.39 is 0 Å². The van der Waals surface area contributed by atoms with Gasteiger partial charge in [0.2, 0.25) is 0 Å². The van der Waals surface area contributed by atoms with Gasteiger partial charge < -0.3 is 25.6 Å². The quantitative estimate of drug-likeness (QED) is 0.808. The van der Waals surface area contributed by atoms with Gasteiger partial charge in [-0.2, -0.15) is 0 Å². The first-order valence-electron chi connectivity index (χ1n) is 7.79. The highest BCUT2D eigenvalue weighted by Crippen LogP contribution is 2.28. The first-order valence-corrected chi connectivity index (χ1v) is 8.17. The van der Waals surface area contributed by atoms with Crippen LogP contribution in [0.2, 0.25) is 5.02 Å². The maximum atomic E-state index is 12.6. The van der Waals surface area contributed by atoms with Crippen LogP contribution in [-0.2, 0) is 0 Å². The molecule has 128 valence electrons. The highest BCUT2D eigenvalue weighted by Gasteiger charge is 2.23. The minimum atomic E-state index is -0.194. The Balaban J connectivity index is 2.15. The van der Waals surface area contributed by atoms with Gasteiger partial charge in [-0.25, -0.2) is 0 Å². The molecule has 1 aromatic rings. The van der Waals surface area contributed by atoms with Crippen molar-refractivity contribution in [3.8, 4) is 5.75 Å². The summed E-state index contributed by atoms with van der Waals surface area (Å²) in [6.07, 6.45) is 0. The van der Waals surface area contributed by atoms with Crippen molar-refractivity contribution in [3.05, 3.63) is 22.7 Å². The molecule has 0 radical (unpaired) electrons. The monoisotopic (exact) mass is 340 g/mol. The number of benzene rings is 1. The summed E-state index contributed by atoms with van der Waals surface area (Å²) in [4.78, 5) is 17.2. The second-order valence-corrected chi connectivity index (χ2v) is 6.31. The minimum Gasteiger partial charge on any atom is -0.496 e. The van der Waals surface area contributed by atoms with Crippen molar-refractivity contribution in [2.24, 2.45) is 0 Å². The van der Waals surface area contributed by atoms with Gasteiger partial charge in [-0.1, -0.05) is 18.5 Å². The van der Waals surface area contributed by atoms with Crippen molar-refractivity contribution >= 4 is 23.2 Å². The summed E-state index contributed by atoms with van der Waals surface area (Å²) in [6.45, 7) is 6.75. The molecule has 1 aromatic carbocycles. The average molecular weight is 341 g/mol. The number of hydrogen-bond acceptors (Lipinski definition) is 5. The van der Waals surface area contributed by atoms with Crippen molar-refractivity contribution in [1.29, 1.82) is 0 Å². The Morgan fingerprint density at radius 2 is 2.17 bits per heavy atom. The Morgan fingerprint density at radius 3 is 2.83 bits per heavy atom. The van der Waals surface area contributed by atoms with Crippen molar-refractivity contribution in [3.63, 3.8) is 0 Å². The Hall–Kier alpha value is -1.50. The minimum absolute atomic E-state index is 0.0518. The summed E-state index contributed by atoms with van der Waals surface area (Å²) in [5, 5.41) is 3.44. The third kappa shape index (κ3) is 4.50. The number of nitrogen functional groups attached to an aromatic ring is 1. The summed E-state index contributed by atoms with van der Waals surface area (Å²) in [5.41, 5.74) is 6.57. The van der Waals surface area contributed by atoms with Crippen molar-refractivity contribution < 1.29 is 9.53 Å². The zero-order valence-corrected chi connectivity index (χ0v) is 14.7. The zero-order chi connectivity index (χ0) is 17.0. The van der Waals surface area contributed by atoms with Gasteiger partial charge in [0, 0.05) is 32.2 Å². The molecule has 1 amide bonds. The lowest BCUT2D eigenvalue weighted by Crippen LogP contribution is -2.46. The molecule has 7 heteroatoms. The zero-order valence-electron chi connectivity index (χ0n) is 13.9. The van der Waals surface area contributed by atoms with E-state index in [1.807, 2.05) is 0 Å². The first kappa shape index (κ1) is 17.8. The molecule has 0 unspecified atom stereocenters. The maximum Gasteiger partial charge on any atom is 0.255 e. The molecule has 0 saturated carbocycles. The highest BCUT2D eigenvalue weighted by atomic mass is 35.5. The number of rotatable bonds is 4. The molecule has 0 spiro atoms. The van der Waals surface area contributed by atoms with E-state index in [1.54, 1.807) is 12.1 Å². The van der Waals surface area contributed by atoms with Gasteiger partial charge in [-0.3, -0.25) is 4.79 Å². The standard InChI is InChI=1S/C16H25ClN4O2/c1-4-21-6-5-20(2)9-11(10-21)19-16(22)12-7-13(17)14(18)8-15(12)23-3/h7-8,11H,4-6,9-10,18H2,1-3H3,(H,19,22)/t11-/m0/s1. The number of likely N-dealkylation sites (N-methyl/N-ethyl adjacent to an activating group) is 2. The van der Waals surface area contributed by atoms with Crippen LogP contribution in [0.25, 0.3) is 0 Å². The lowest BCUT2D eigenvalue weighted by atomic mass is 10.1. The van der Waals surface area contributed by atoms with Gasteiger partial charge in [-0.15, -0.1) is 0 Å². The van der Waals surface area contributed by atoms with Gasteiger partial charge in [0.1, 0.15) is 5.75 Å². The molecule has 0 bridgehead atoms. The number of amides is 1. The third-order valence-electron chi connectivity index (χ3n) is 4.15. The van der Waals surface area contributed by atoms with Crippen LogP contribution in [0.15, 0.2) is 12.1 Å². The molecule has 23 heavy (non-hydrogen) atoms. The molecule has 0 aromatic heterocycles. The molecule has 2 rings (SSSR count). The molecule has 1 fully saturated rings. The van der Waals surface area contributed by atoms with E-state index in [-0.39, 0.29) is 11.9 Å². The van der Waals surface area contributed by atoms with Crippen LogP contribution in [0, 0.1) is 0 Å². The van der Waals surface area contributed by atoms with Gasteiger partial charge in [0.05, 0.1) is 29.4 Å². The predicted molar refractivity (Wildman–Crippen MR) is 93.3 cm³/mol. The molecule has 6 nitrogen and oxygen atoms in total. The topological polar surface area (TPSA) is 70.8 Å². The van der Waals surface area contributed by atoms with Crippen LogP contribution in [0.3, 0.4) is 0 Å². The number of anilines is 1. The number of nitrogens with two attached hydrogens (primary N) is 1. The number of nitrogens with zero attached hydrogens (tertiary/aromatic N) is 2. The van der Waals surface area contributed by atoms with Crippen molar-refractivity contribution in [2.75, 3.05) is 52.6 Å². The molecule has 1 aliphatic rings. The van der Waals surface area contributed by atoms with Gasteiger partial charge in [0.15, 0.2) is 0 Å². The van der Waals surface area contributed by atoms with Crippen LogP contribution < -0.4 is 15.8 Å². The summed E-state index contributed by atoms with van der Waals surface area (Å²) >= 11 is 6.05. The van der Waals surface area contributed by atoms with Crippen LogP contribution in [-0.4, -0.2) is 68.6 Å². The largest absolute Gasteiger partial charge is 0.496 e. The fourth-order valence-corrected chi connectivity index (χ4v) is 2.96. The molecular formula is C16H25ClN4O2. The van der Waals surface area contributed by atoms with Gasteiger partial charge in [0.25, 0.3) is 5.91 Å². The first-order chi connectivity index (χ1) is 10.9. The lowest BCUT2D eigenvalue weighted by Gasteiger charge is -2.24. The second-order valence-electron chi connectivity index (χ2n) is 5.90. The van der Waals surface area contributed by atoms with E-state index in [1.165, 1.54) is 7.11 Å². The Kier molecular flexibility index (Phi) is 6.10. The number of ether oxygens (including phenoxy) is 1. The van der Waals surface area contributed by atoms with Gasteiger partial charge >= 0.3 is 0 Å². The maximum absolute atomic E-state index is 12.6. The van der Waals surface area contributed by atoms with E-state index in [2.05, 4.69) is 29.1 Å². The fourth-order valence-electron chi connectivity index (χ4n) is 2.80. The summed E-state index contributed by atoms with van der Waals surface area (Å²) < 4.78 is 5.26. The number of nitrogens with one attached hydrogen (secondary N) is 1. The molecular weight excluding hydrogens is 316 g/mol. The Morgan fingerprint density at radius 1 is 1.43 bits per heavy atom. The van der Waals surface area contributed by atoms with Crippen molar-refractivity contribution in [2.45, 2.75) is 13.0 Å². The number of carbonyl (C=O) groups excluding carboxylic acids is 1. The van der Waals surface area contributed by atoms with E-state index in [0.29, 0.717) is 22.0 Å². The van der Waals surface area contributed by atoms with E-state index in [9.17, 15) is 4.79 Å². The average Bonchev–Trinajstić information content (AvgIpc) is 2.70. The summed E-state index contributed by atoms with van der Waals surface area (Å²) in [7, 11) is 3.58. The number of methoxy groups -OCH3 is 1. The lowest BCUT2D eigenvalue weighted by molar-refractivity contribution is 0.0922. The Labute approximate surface area is 142 Å². The number of halogens is 1. The molecule has 1 atom stereocenters. The second kappa shape index (κ2) is 7.86. The van der Waals surface area contributed by atoms with Crippen LogP contribution in [0.1, 0.15) is 17.3 Å². The SMILES string of the molecule is CCN1CCN(C)C[C@H](NC(=O)c2cc(Cl)c(N)cc2OC)C1. The smallest absolute Gasteiger partial charge is 0.255 e. The fraction of sp³-hybridized carbons (Fsp3) is 0.562. The van der Waals surface area contributed by atoms with Crippen LogP contribution in [0.4, 0.5) is 5.69 Å². The van der Waals surface area contributed by atoms with Crippen LogP contribution in [0.5, 0.6) is 5.75 Å². The Bertz CT molecular complexity index is 567. The summed E-state index contributed by atoms with van der Waals surface area (Å²) in [5.74, 6) is 0.235. The van der Waals surface area contributed by atoms with Gasteiger partial charge in [-0.05, 0) is 19.7 Å². The van der Waals surface area contributed by atoms with E-state index in [4.69, 9.17) is 22.1 Å².